The molecule has 0 amide bonds. The second-order valence-corrected chi connectivity index (χ2v) is 3.04. The topological polar surface area (TPSA) is 61.6 Å². The van der Waals surface area contributed by atoms with Gasteiger partial charge in [0, 0.05) is 12.7 Å². The highest BCUT2D eigenvalue weighted by Gasteiger charge is 1.95. The van der Waals surface area contributed by atoms with E-state index in [1.807, 2.05) is 26.0 Å². The Balaban J connectivity index is 2.60. The molecule has 1 heterocycles. The predicted octanol–water partition coefficient (Wildman–Crippen LogP) is 1.73. The van der Waals surface area contributed by atoms with Crippen LogP contribution in [0.3, 0.4) is 0 Å². The Labute approximate surface area is 83.3 Å². The third kappa shape index (κ3) is 3.23. The molecule has 0 fully saturated rings. The molecular formula is C10H12N4. The van der Waals surface area contributed by atoms with Crippen molar-refractivity contribution in [3.63, 3.8) is 0 Å². The monoisotopic (exact) mass is 188 g/mol. The van der Waals surface area contributed by atoms with Gasteiger partial charge in [-0.15, -0.1) is 0 Å². The fraction of sp³-hybridized carbons (Fsp3) is 0.300. The van der Waals surface area contributed by atoms with E-state index < -0.39 is 0 Å². The summed E-state index contributed by atoms with van der Waals surface area (Å²) in [5.74, 6) is 0.488. The van der Waals surface area contributed by atoms with E-state index in [9.17, 15) is 0 Å². The van der Waals surface area contributed by atoms with Crippen LogP contribution in [-0.4, -0.2) is 16.5 Å². The van der Waals surface area contributed by atoms with Crippen molar-refractivity contribution in [3.05, 3.63) is 29.6 Å². The third-order valence-electron chi connectivity index (χ3n) is 1.54. The average molecular weight is 188 g/mol. The largest absolute Gasteiger partial charge is 0.351 e. The molecule has 0 saturated carbocycles. The number of nitriles is 1. The molecule has 1 rings (SSSR count). The molecule has 0 unspecified atom stereocenters. The molecule has 0 aromatic carbocycles. The molecule has 72 valence electrons. The lowest BCUT2D eigenvalue weighted by Gasteiger charge is -2.00. The number of rotatable bonds is 3. The maximum Gasteiger partial charge on any atom is 0.224 e. The minimum Gasteiger partial charge on any atom is -0.351 e. The van der Waals surface area contributed by atoms with Crippen molar-refractivity contribution < 1.29 is 0 Å². The number of anilines is 1. The average Bonchev–Trinajstić information content (AvgIpc) is 2.18. The van der Waals surface area contributed by atoms with E-state index in [2.05, 4.69) is 15.3 Å². The second kappa shape index (κ2) is 4.97. The molecule has 1 N–H and O–H groups in total. The van der Waals surface area contributed by atoms with Gasteiger partial charge in [0.15, 0.2) is 0 Å². The molecule has 0 aliphatic carbocycles. The molecule has 4 heteroatoms. The first-order valence-electron chi connectivity index (χ1n) is 4.33. The summed E-state index contributed by atoms with van der Waals surface area (Å²) in [6.45, 7) is 4.72. The van der Waals surface area contributed by atoms with Gasteiger partial charge in [-0.25, -0.2) is 9.97 Å². The minimum atomic E-state index is 0.375. The number of hydrogen-bond acceptors (Lipinski definition) is 4. The third-order valence-corrected chi connectivity index (χ3v) is 1.54. The maximum absolute atomic E-state index is 8.60. The summed E-state index contributed by atoms with van der Waals surface area (Å²) >= 11 is 0. The van der Waals surface area contributed by atoms with Gasteiger partial charge in [-0.1, -0.05) is 11.6 Å². The zero-order valence-electron chi connectivity index (χ0n) is 8.28. The van der Waals surface area contributed by atoms with Crippen LogP contribution in [0.2, 0.25) is 0 Å². The van der Waals surface area contributed by atoms with Crippen LogP contribution >= 0.6 is 0 Å². The first kappa shape index (κ1) is 10.2. The number of aromatic nitrogens is 2. The van der Waals surface area contributed by atoms with E-state index in [1.165, 1.54) is 5.57 Å². The van der Waals surface area contributed by atoms with Gasteiger partial charge in [-0.3, -0.25) is 0 Å². The summed E-state index contributed by atoms with van der Waals surface area (Å²) in [5, 5.41) is 11.6. The van der Waals surface area contributed by atoms with Crippen LogP contribution in [0, 0.1) is 11.3 Å². The molecule has 1 aromatic heterocycles. The van der Waals surface area contributed by atoms with Gasteiger partial charge in [0.2, 0.25) is 5.95 Å². The molecule has 0 radical (unpaired) electrons. The molecule has 14 heavy (non-hydrogen) atoms. The quantitative estimate of drug-likeness (QED) is 0.734. The lowest BCUT2D eigenvalue weighted by atomic mass is 10.3. The van der Waals surface area contributed by atoms with Crippen LogP contribution < -0.4 is 5.32 Å². The number of allylic oxidation sites excluding steroid dienone is 1. The van der Waals surface area contributed by atoms with Crippen LogP contribution in [0.5, 0.6) is 0 Å². The zero-order chi connectivity index (χ0) is 10.4. The lowest BCUT2D eigenvalue weighted by Crippen LogP contribution is -2.03. The number of nitrogens with zero attached hydrogens (tertiary/aromatic N) is 3. The normalized spacial score (nSPS) is 8.93. The van der Waals surface area contributed by atoms with Gasteiger partial charge in [-0.05, 0) is 19.9 Å². The van der Waals surface area contributed by atoms with Crippen LogP contribution in [0.4, 0.5) is 5.95 Å². The Hall–Kier alpha value is -1.89. The van der Waals surface area contributed by atoms with E-state index in [4.69, 9.17) is 5.26 Å². The summed E-state index contributed by atoms with van der Waals surface area (Å²) in [4.78, 5) is 7.96. The minimum absolute atomic E-state index is 0.375. The Morgan fingerprint density at radius 1 is 1.64 bits per heavy atom. The molecule has 0 saturated heterocycles. The summed E-state index contributed by atoms with van der Waals surface area (Å²) < 4.78 is 0. The van der Waals surface area contributed by atoms with E-state index in [1.54, 1.807) is 12.3 Å². The summed E-state index contributed by atoms with van der Waals surface area (Å²) in [7, 11) is 0. The molecule has 0 spiro atoms. The molecular weight excluding hydrogens is 176 g/mol. The fourth-order valence-corrected chi connectivity index (χ4v) is 0.853. The van der Waals surface area contributed by atoms with Crippen LogP contribution in [0.1, 0.15) is 19.5 Å². The van der Waals surface area contributed by atoms with E-state index in [-0.39, 0.29) is 0 Å². The van der Waals surface area contributed by atoms with Gasteiger partial charge in [0.25, 0.3) is 0 Å². The molecule has 1 aromatic rings. The first-order valence-corrected chi connectivity index (χ1v) is 4.33. The fourth-order valence-electron chi connectivity index (χ4n) is 0.853. The van der Waals surface area contributed by atoms with Crippen molar-refractivity contribution in [2.75, 3.05) is 11.9 Å². The van der Waals surface area contributed by atoms with E-state index in [0.717, 1.165) is 0 Å². The van der Waals surface area contributed by atoms with Crippen molar-refractivity contribution in [3.8, 4) is 6.07 Å². The Morgan fingerprint density at radius 3 is 3.07 bits per heavy atom. The first-order chi connectivity index (χ1) is 6.72. The maximum atomic E-state index is 8.60. The van der Waals surface area contributed by atoms with Crippen LogP contribution in [0.25, 0.3) is 0 Å². The van der Waals surface area contributed by atoms with E-state index in [0.29, 0.717) is 18.2 Å². The molecule has 0 bridgehead atoms. The molecule has 0 aliphatic rings. The summed E-state index contributed by atoms with van der Waals surface area (Å²) in [6, 6.07) is 3.54. The Bertz CT molecular complexity index is 372. The standard InChI is InChI=1S/C10H12N4/c1-8(2)3-5-12-10-13-6-4-9(7-11)14-10/h3-4,6H,5H2,1-2H3,(H,12,13,14). The van der Waals surface area contributed by atoms with Gasteiger partial charge in [0.1, 0.15) is 11.8 Å². The molecule has 0 aliphatic heterocycles. The van der Waals surface area contributed by atoms with Crippen molar-refractivity contribution in [2.24, 2.45) is 0 Å². The predicted molar refractivity (Wildman–Crippen MR) is 54.7 cm³/mol. The van der Waals surface area contributed by atoms with Crippen molar-refractivity contribution in [2.45, 2.75) is 13.8 Å². The second-order valence-electron chi connectivity index (χ2n) is 3.04. The number of nitrogens with one attached hydrogen (secondary N) is 1. The van der Waals surface area contributed by atoms with Gasteiger partial charge in [-0.2, -0.15) is 5.26 Å². The SMILES string of the molecule is CC(C)=CCNc1nccc(C#N)n1. The highest BCUT2D eigenvalue weighted by Crippen LogP contribution is 1.98. The smallest absolute Gasteiger partial charge is 0.224 e. The summed E-state index contributed by atoms with van der Waals surface area (Å²) in [5.41, 5.74) is 1.61. The van der Waals surface area contributed by atoms with Crippen LogP contribution in [-0.2, 0) is 0 Å². The lowest BCUT2D eigenvalue weighted by molar-refractivity contribution is 1.10. The van der Waals surface area contributed by atoms with Crippen LogP contribution in [0.15, 0.2) is 23.9 Å². The van der Waals surface area contributed by atoms with Gasteiger partial charge in [0.05, 0.1) is 0 Å². The molecule has 4 nitrogen and oxygen atoms in total. The highest BCUT2D eigenvalue weighted by atomic mass is 15.1. The molecule has 0 atom stereocenters. The Kier molecular flexibility index (Phi) is 3.62. The Morgan fingerprint density at radius 2 is 2.43 bits per heavy atom. The van der Waals surface area contributed by atoms with Crippen molar-refractivity contribution >= 4 is 5.95 Å². The summed E-state index contributed by atoms with van der Waals surface area (Å²) in [6.07, 6.45) is 3.60. The van der Waals surface area contributed by atoms with Gasteiger partial charge >= 0.3 is 0 Å². The van der Waals surface area contributed by atoms with Crippen molar-refractivity contribution in [1.82, 2.24) is 9.97 Å². The van der Waals surface area contributed by atoms with Crippen molar-refractivity contribution in [1.29, 1.82) is 5.26 Å². The number of hydrogen-bond donors (Lipinski definition) is 1. The van der Waals surface area contributed by atoms with Gasteiger partial charge < -0.3 is 5.32 Å². The highest BCUT2D eigenvalue weighted by molar-refractivity contribution is 5.30. The zero-order valence-corrected chi connectivity index (χ0v) is 8.28. The van der Waals surface area contributed by atoms with E-state index >= 15 is 0 Å².